The van der Waals surface area contributed by atoms with Crippen LogP contribution in [0.15, 0.2) is 6.20 Å². The summed E-state index contributed by atoms with van der Waals surface area (Å²) < 4.78 is 24.9. The van der Waals surface area contributed by atoms with Crippen LogP contribution in [0.3, 0.4) is 0 Å². The number of hydrogen-bond donors (Lipinski definition) is 1. The number of alkyl halides is 2. The van der Waals surface area contributed by atoms with Crippen LogP contribution >= 0.6 is 0 Å². The van der Waals surface area contributed by atoms with E-state index in [1.54, 1.807) is 0 Å². The Hall–Kier alpha value is -2.30. The first-order valence-corrected chi connectivity index (χ1v) is 3.99. The summed E-state index contributed by atoms with van der Waals surface area (Å²) in [5, 5.41) is 28.1. The lowest BCUT2D eigenvalue weighted by Crippen LogP contribution is -2.03. The second kappa shape index (κ2) is 4.48. The lowest BCUT2D eigenvalue weighted by molar-refractivity contribution is -0.386. The molecule has 1 aromatic heterocycles. The summed E-state index contributed by atoms with van der Waals surface area (Å²) in [7, 11) is 0. The van der Waals surface area contributed by atoms with Crippen LogP contribution in [0, 0.1) is 21.4 Å². The zero-order valence-corrected chi connectivity index (χ0v) is 7.72. The summed E-state index contributed by atoms with van der Waals surface area (Å²) in [5.41, 5.74) is -2.31. The summed E-state index contributed by atoms with van der Waals surface area (Å²) in [6, 6.07) is 1.51. The number of hydrogen-bond acceptors (Lipinski definition) is 5. The predicted molar refractivity (Wildman–Crippen MR) is 46.8 cm³/mol. The molecular weight excluding hydrogens is 224 g/mol. The summed E-state index contributed by atoms with van der Waals surface area (Å²) in [6.45, 7) is 0. The van der Waals surface area contributed by atoms with Gasteiger partial charge in [-0.15, -0.1) is 0 Å². The van der Waals surface area contributed by atoms with Crippen molar-refractivity contribution in [3.05, 3.63) is 27.6 Å². The van der Waals surface area contributed by atoms with Crippen LogP contribution in [0.1, 0.15) is 17.7 Å². The predicted octanol–water partition coefficient (Wildman–Crippen LogP) is 1.70. The molecule has 8 heteroatoms. The Morgan fingerprint density at radius 1 is 1.69 bits per heavy atom. The third kappa shape index (κ3) is 2.03. The third-order valence-electron chi connectivity index (χ3n) is 1.81. The second-order valence-electron chi connectivity index (χ2n) is 2.75. The van der Waals surface area contributed by atoms with Crippen molar-refractivity contribution in [2.75, 3.05) is 0 Å². The molecule has 1 aromatic rings. The van der Waals surface area contributed by atoms with Gasteiger partial charge in [0.05, 0.1) is 29.2 Å². The maximum Gasteiger partial charge on any atom is 0.318 e. The van der Waals surface area contributed by atoms with Gasteiger partial charge in [-0.05, 0) is 0 Å². The Labute approximate surface area is 87.9 Å². The topological polar surface area (TPSA) is 100 Å². The monoisotopic (exact) mass is 229 g/mol. The number of nitriles is 1. The van der Waals surface area contributed by atoms with Crippen LogP contribution in [0.4, 0.5) is 14.5 Å². The molecule has 1 rings (SSSR count). The maximum absolute atomic E-state index is 12.4. The van der Waals surface area contributed by atoms with Gasteiger partial charge in [-0.1, -0.05) is 0 Å². The normalized spacial score (nSPS) is 10.1. The largest absolute Gasteiger partial charge is 0.501 e. The van der Waals surface area contributed by atoms with Gasteiger partial charge in [0.2, 0.25) is 5.75 Å². The van der Waals surface area contributed by atoms with E-state index in [1.807, 2.05) is 0 Å². The number of aromatic hydroxyl groups is 1. The van der Waals surface area contributed by atoms with E-state index in [2.05, 4.69) is 4.98 Å². The Kier molecular flexibility index (Phi) is 3.30. The van der Waals surface area contributed by atoms with Crippen LogP contribution in [0.25, 0.3) is 0 Å². The highest BCUT2D eigenvalue weighted by Crippen LogP contribution is 2.34. The molecule has 1 N–H and O–H groups in total. The van der Waals surface area contributed by atoms with Crippen LogP contribution in [0.2, 0.25) is 0 Å². The number of rotatable bonds is 3. The molecule has 0 radical (unpaired) electrons. The highest BCUT2D eigenvalue weighted by atomic mass is 19.3. The molecule has 0 saturated heterocycles. The molecule has 0 amide bonds. The molecule has 0 aliphatic heterocycles. The molecule has 0 aliphatic carbocycles. The molecule has 0 saturated carbocycles. The maximum atomic E-state index is 12.4. The molecule has 0 bridgehead atoms. The highest BCUT2D eigenvalue weighted by molar-refractivity contribution is 5.53. The van der Waals surface area contributed by atoms with E-state index in [1.165, 1.54) is 6.07 Å². The van der Waals surface area contributed by atoms with Crippen molar-refractivity contribution < 1.29 is 18.8 Å². The van der Waals surface area contributed by atoms with E-state index in [9.17, 15) is 18.9 Å². The quantitative estimate of drug-likeness (QED) is 0.627. The van der Waals surface area contributed by atoms with Gasteiger partial charge in [0, 0.05) is 0 Å². The van der Waals surface area contributed by atoms with Gasteiger partial charge in [-0.25, -0.2) is 8.78 Å². The van der Waals surface area contributed by atoms with E-state index in [4.69, 9.17) is 10.4 Å². The van der Waals surface area contributed by atoms with E-state index < -0.39 is 40.5 Å². The smallest absolute Gasteiger partial charge is 0.318 e. The average molecular weight is 229 g/mol. The number of nitro groups is 1. The van der Waals surface area contributed by atoms with Gasteiger partial charge in [0.25, 0.3) is 6.43 Å². The minimum Gasteiger partial charge on any atom is -0.501 e. The fourth-order valence-electron chi connectivity index (χ4n) is 1.19. The van der Waals surface area contributed by atoms with Crippen LogP contribution in [0.5, 0.6) is 5.75 Å². The summed E-state index contributed by atoms with van der Waals surface area (Å²) in [5.74, 6) is -0.834. The fraction of sp³-hybridized carbons (Fsp3) is 0.250. The summed E-state index contributed by atoms with van der Waals surface area (Å²) in [4.78, 5) is 12.7. The van der Waals surface area contributed by atoms with Gasteiger partial charge in [-0.2, -0.15) is 5.26 Å². The van der Waals surface area contributed by atoms with Gasteiger partial charge in [-0.3, -0.25) is 15.1 Å². The van der Waals surface area contributed by atoms with Gasteiger partial charge in [0.1, 0.15) is 5.69 Å². The van der Waals surface area contributed by atoms with Crippen LogP contribution in [-0.4, -0.2) is 15.0 Å². The molecule has 6 nitrogen and oxygen atoms in total. The SMILES string of the molecule is N#CCc1c(C(F)F)ncc(O)c1[N+](=O)[O-]. The van der Waals surface area contributed by atoms with Crippen molar-refractivity contribution in [3.63, 3.8) is 0 Å². The van der Waals surface area contributed by atoms with Crippen LogP contribution < -0.4 is 0 Å². The van der Waals surface area contributed by atoms with Gasteiger partial charge >= 0.3 is 5.69 Å². The molecule has 0 aromatic carbocycles. The first-order valence-electron chi connectivity index (χ1n) is 3.99. The zero-order valence-electron chi connectivity index (χ0n) is 7.72. The van der Waals surface area contributed by atoms with Gasteiger partial charge < -0.3 is 5.11 Å². The second-order valence-corrected chi connectivity index (χ2v) is 2.75. The van der Waals surface area contributed by atoms with Crippen molar-refractivity contribution in [2.24, 2.45) is 0 Å². The molecule has 0 unspecified atom stereocenters. The van der Waals surface area contributed by atoms with Crippen molar-refractivity contribution in [2.45, 2.75) is 12.8 Å². The molecular formula is C8H5F2N3O3. The van der Waals surface area contributed by atoms with E-state index in [0.29, 0.717) is 6.20 Å². The van der Waals surface area contributed by atoms with Crippen molar-refractivity contribution in [1.29, 1.82) is 5.26 Å². The number of nitrogens with zero attached hydrogens (tertiary/aromatic N) is 3. The third-order valence-corrected chi connectivity index (χ3v) is 1.81. The number of aromatic nitrogens is 1. The molecule has 0 aliphatic rings. The summed E-state index contributed by atoms with van der Waals surface area (Å²) in [6.07, 6.45) is -3.08. The Balaban J connectivity index is 3.51. The van der Waals surface area contributed by atoms with E-state index in [-0.39, 0.29) is 0 Å². The Morgan fingerprint density at radius 3 is 2.75 bits per heavy atom. The lowest BCUT2D eigenvalue weighted by Gasteiger charge is -2.06. The Bertz CT molecular complexity index is 470. The van der Waals surface area contributed by atoms with Crippen molar-refractivity contribution in [3.8, 4) is 11.8 Å². The van der Waals surface area contributed by atoms with Gasteiger partial charge in [0.15, 0.2) is 0 Å². The number of pyridine rings is 1. The molecule has 0 fully saturated rings. The average Bonchev–Trinajstić information content (AvgIpc) is 2.17. The van der Waals surface area contributed by atoms with E-state index >= 15 is 0 Å². The number of halogens is 2. The standard InChI is InChI=1S/C8H5F2N3O3/c9-8(10)6-4(1-2-11)7(13(15)16)5(14)3-12-6/h3,8,14H,1H2. The molecule has 0 atom stereocenters. The lowest BCUT2D eigenvalue weighted by atomic mass is 10.1. The first-order chi connectivity index (χ1) is 7.49. The fourth-order valence-corrected chi connectivity index (χ4v) is 1.19. The summed E-state index contributed by atoms with van der Waals surface area (Å²) >= 11 is 0. The molecule has 1 heterocycles. The van der Waals surface area contributed by atoms with E-state index in [0.717, 1.165) is 0 Å². The highest BCUT2D eigenvalue weighted by Gasteiger charge is 2.27. The molecule has 84 valence electrons. The van der Waals surface area contributed by atoms with Crippen molar-refractivity contribution >= 4 is 5.69 Å². The zero-order chi connectivity index (χ0) is 12.3. The molecule has 0 spiro atoms. The van der Waals surface area contributed by atoms with Crippen LogP contribution in [-0.2, 0) is 6.42 Å². The Morgan fingerprint density at radius 2 is 2.31 bits per heavy atom. The minimum atomic E-state index is -3.04. The molecule has 16 heavy (non-hydrogen) atoms. The first kappa shape index (κ1) is 11.8. The minimum absolute atomic E-state index is 0.553. The van der Waals surface area contributed by atoms with Crippen molar-refractivity contribution in [1.82, 2.24) is 4.98 Å².